The zero-order valence-electron chi connectivity index (χ0n) is 15.6. The molecule has 0 atom stereocenters. The fourth-order valence-electron chi connectivity index (χ4n) is 3.22. The van der Waals surface area contributed by atoms with Crippen molar-refractivity contribution in [3.8, 4) is 0 Å². The van der Waals surface area contributed by atoms with Crippen molar-refractivity contribution in [1.29, 1.82) is 0 Å². The topological polar surface area (TPSA) is 66.5 Å². The van der Waals surface area contributed by atoms with Crippen LogP contribution in [0.5, 0.6) is 0 Å². The Morgan fingerprint density at radius 2 is 1.79 bits per heavy atom. The summed E-state index contributed by atoms with van der Waals surface area (Å²) in [5.41, 5.74) is 0.435. The third-order valence-corrected chi connectivity index (χ3v) is 7.59. The molecule has 1 saturated heterocycles. The quantitative estimate of drug-likeness (QED) is 0.726. The van der Waals surface area contributed by atoms with Gasteiger partial charge in [0.15, 0.2) is 0 Å². The number of nitrogens with zero attached hydrogens (tertiary/aromatic N) is 1. The fraction of sp³-hybridized carbons (Fsp3) is 0.350. The molecule has 8 heteroatoms. The van der Waals surface area contributed by atoms with Gasteiger partial charge in [0.25, 0.3) is 0 Å². The first-order valence-corrected chi connectivity index (χ1v) is 11.7. The van der Waals surface area contributed by atoms with Gasteiger partial charge in [0.05, 0.1) is 4.90 Å². The molecule has 2 aromatic carbocycles. The molecule has 3 rings (SSSR count). The predicted octanol–water partition coefficient (Wildman–Crippen LogP) is 3.26. The van der Waals surface area contributed by atoms with Crippen LogP contribution in [0.25, 0.3) is 0 Å². The van der Waals surface area contributed by atoms with Gasteiger partial charge in [-0.1, -0.05) is 18.2 Å². The third kappa shape index (κ3) is 4.74. The van der Waals surface area contributed by atoms with E-state index in [9.17, 15) is 17.6 Å². The Bertz CT molecular complexity index is 925. The second-order valence-electron chi connectivity index (χ2n) is 6.66. The summed E-state index contributed by atoms with van der Waals surface area (Å²) in [6, 6.07) is 13.1. The first-order chi connectivity index (χ1) is 13.4. The van der Waals surface area contributed by atoms with Gasteiger partial charge in [-0.25, -0.2) is 12.8 Å². The standard InChI is InChI=1S/C20H23FN2O3S2/c1-27-17-6-8-18(9-7-17)28(25,26)23-12-10-15(11-13-23)20(24)22-14-16-4-2-3-5-19(16)21/h2-9,15H,10-14H2,1H3,(H,22,24). The Hall–Kier alpha value is -1.90. The number of thioether (sulfide) groups is 1. The van der Waals surface area contributed by atoms with Gasteiger partial charge in [-0.3, -0.25) is 4.79 Å². The lowest BCUT2D eigenvalue weighted by atomic mass is 9.97. The minimum absolute atomic E-state index is 0.131. The molecule has 0 saturated carbocycles. The van der Waals surface area contributed by atoms with E-state index < -0.39 is 10.0 Å². The highest BCUT2D eigenvalue weighted by Gasteiger charge is 2.32. The number of nitrogens with one attached hydrogen (secondary N) is 1. The molecule has 1 amide bonds. The summed E-state index contributed by atoms with van der Waals surface area (Å²) >= 11 is 1.55. The lowest BCUT2D eigenvalue weighted by Gasteiger charge is -2.30. The van der Waals surface area contributed by atoms with E-state index in [0.29, 0.717) is 31.5 Å². The number of carbonyl (C=O) groups is 1. The van der Waals surface area contributed by atoms with Crippen LogP contribution in [0.3, 0.4) is 0 Å². The molecule has 0 radical (unpaired) electrons. The van der Waals surface area contributed by atoms with Crippen LogP contribution in [0.4, 0.5) is 4.39 Å². The minimum atomic E-state index is -3.55. The molecular weight excluding hydrogens is 399 g/mol. The molecule has 1 N–H and O–H groups in total. The summed E-state index contributed by atoms with van der Waals surface area (Å²) in [4.78, 5) is 13.7. The van der Waals surface area contributed by atoms with Crippen molar-refractivity contribution in [3.63, 3.8) is 0 Å². The predicted molar refractivity (Wildman–Crippen MR) is 108 cm³/mol. The number of carbonyl (C=O) groups excluding carboxylic acids is 1. The molecule has 28 heavy (non-hydrogen) atoms. The molecule has 0 unspecified atom stereocenters. The average Bonchev–Trinajstić information content (AvgIpc) is 2.73. The van der Waals surface area contributed by atoms with Crippen LogP contribution in [0.1, 0.15) is 18.4 Å². The monoisotopic (exact) mass is 422 g/mol. The number of piperidine rings is 1. The molecule has 0 aliphatic carbocycles. The van der Waals surface area contributed by atoms with Crippen LogP contribution in [0.2, 0.25) is 0 Å². The maximum atomic E-state index is 13.6. The van der Waals surface area contributed by atoms with Crippen molar-refractivity contribution in [1.82, 2.24) is 9.62 Å². The molecule has 150 valence electrons. The Morgan fingerprint density at radius 1 is 1.14 bits per heavy atom. The number of benzene rings is 2. The van der Waals surface area contributed by atoms with Crippen molar-refractivity contribution in [2.24, 2.45) is 5.92 Å². The van der Waals surface area contributed by atoms with Crippen LogP contribution in [0, 0.1) is 11.7 Å². The normalized spacial score (nSPS) is 16.1. The average molecular weight is 423 g/mol. The van der Waals surface area contributed by atoms with Crippen LogP contribution < -0.4 is 5.32 Å². The van der Waals surface area contributed by atoms with E-state index >= 15 is 0 Å². The number of sulfonamides is 1. The summed E-state index contributed by atoms with van der Waals surface area (Å²) in [5, 5.41) is 2.76. The maximum absolute atomic E-state index is 13.6. The number of hydrogen-bond acceptors (Lipinski definition) is 4. The highest BCUT2D eigenvalue weighted by atomic mass is 32.2. The van der Waals surface area contributed by atoms with E-state index in [4.69, 9.17) is 0 Å². The highest BCUT2D eigenvalue weighted by Crippen LogP contribution is 2.25. The van der Waals surface area contributed by atoms with Crippen molar-refractivity contribution in [2.75, 3.05) is 19.3 Å². The first-order valence-electron chi connectivity index (χ1n) is 9.07. The van der Waals surface area contributed by atoms with Gasteiger partial charge in [-0.05, 0) is 49.4 Å². The Balaban J connectivity index is 1.55. The zero-order valence-corrected chi connectivity index (χ0v) is 17.2. The Labute approximate surface area is 169 Å². The van der Waals surface area contributed by atoms with Crippen LogP contribution >= 0.6 is 11.8 Å². The second kappa shape index (κ2) is 9.07. The van der Waals surface area contributed by atoms with E-state index in [0.717, 1.165) is 4.90 Å². The SMILES string of the molecule is CSc1ccc(S(=O)(=O)N2CCC(C(=O)NCc3ccccc3F)CC2)cc1. The molecule has 2 aromatic rings. The lowest BCUT2D eigenvalue weighted by Crippen LogP contribution is -2.42. The summed E-state index contributed by atoms with van der Waals surface area (Å²) < 4.78 is 40.7. The number of amides is 1. The van der Waals surface area contributed by atoms with Crippen molar-refractivity contribution in [2.45, 2.75) is 29.2 Å². The second-order valence-corrected chi connectivity index (χ2v) is 9.48. The summed E-state index contributed by atoms with van der Waals surface area (Å²) in [5.74, 6) is -0.780. The summed E-state index contributed by atoms with van der Waals surface area (Å²) in [7, 11) is -3.55. The summed E-state index contributed by atoms with van der Waals surface area (Å²) in [6.45, 7) is 0.723. The van der Waals surface area contributed by atoms with Crippen LogP contribution in [0.15, 0.2) is 58.3 Å². The molecule has 0 aromatic heterocycles. The Morgan fingerprint density at radius 3 is 2.39 bits per heavy atom. The van der Waals surface area contributed by atoms with Crippen molar-refractivity contribution in [3.05, 3.63) is 59.9 Å². The van der Waals surface area contributed by atoms with Crippen LogP contribution in [-0.2, 0) is 21.4 Å². The van der Waals surface area contributed by atoms with E-state index in [1.54, 1.807) is 54.2 Å². The van der Waals surface area contributed by atoms with Crippen LogP contribution in [-0.4, -0.2) is 38.0 Å². The minimum Gasteiger partial charge on any atom is -0.352 e. The van der Waals surface area contributed by atoms with Gasteiger partial charge in [0.1, 0.15) is 5.82 Å². The smallest absolute Gasteiger partial charge is 0.243 e. The molecule has 1 aliphatic heterocycles. The van der Waals surface area contributed by atoms with E-state index in [1.165, 1.54) is 10.4 Å². The molecule has 1 fully saturated rings. The number of rotatable bonds is 6. The maximum Gasteiger partial charge on any atom is 0.243 e. The molecular formula is C20H23FN2O3S2. The van der Waals surface area contributed by atoms with Gasteiger partial charge in [0.2, 0.25) is 15.9 Å². The lowest BCUT2D eigenvalue weighted by molar-refractivity contribution is -0.126. The molecule has 1 aliphatic rings. The van der Waals surface area contributed by atoms with Gasteiger partial charge >= 0.3 is 0 Å². The molecule has 5 nitrogen and oxygen atoms in total. The van der Waals surface area contributed by atoms with Gasteiger partial charge < -0.3 is 5.32 Å². The van der Waals surface area contributed by atoms with Crippen molar-refractivity contribution < 1.29 is 17.6 Å². The van der Waals surface area contributed by atoms with Crippen molar-refractivity contribution >= 4 is 27.7 Å². The van der Waals surface area contributed by atoms with E-state index in [1.807, 2.05) is 6.26 Å². The highest BCUT2D eigenvalue weighted by molar-refractivity contribution is 7.98. The third-order valence-electron chi connectivity index (χ3n) is 4.93. The number of halogens is 1. The number of hydrogen-bond donors (Lipinski definition) is 1. The van der Waals surface area contributed by atoms with E-state index in [2.05, 4.69) is 5.32 Å². The fourth-order valence-corrected chi connectivity index (χ4v) is 5.10. The first kappa shape index (κ1) is 20.8. The van der Waals surface area contributed by atoms with E-state index in [-0.39, 0.29) is 29.1 Å². The largest absolute Gasteiger partial charge is 0.352 e. The molecule has 1 heterocycles. The zero-order chi connectivity index (χ0) is 20.1. The van der Waals surface area contributed by atoms with Gasteiger partial charge in [0, 0.05) is 36.0 Å². The molecule has 0 bridgehead atoms. The van der Waals surface area contributed by atoms with Gasteiger partial charge in [-0.2, -0.15) is 4.31 Å². The summed E-state index contributed by atoms with van der Waals surface area (Å²) in [6.07, 6.45) is 2.84. The van der Waals surface area contributed by atoms with Gasteiger partial charge in [-0.15, -0.1) is 11.8 Å². The Kier molecular flexibility index (Phi) is 6.74. The molecule has 0 spiro atoms.